The van der Waals surface area contributed by atoms with Gasteiger partial charge in [0.1, 0.15) is 11.5 Å². The first-order valence-corrected chi connectivity index (χ1v) is 9.15. The maximum absolute atomic E-state index is 13.2. The molecule has 142 valence electrons. The van der Waals surface area contributed by atoms with E-state index < -0.39 is 0 Å². The lowest BCUT2D eigenvalue weighted by Gasteiger charge is -2.00. The normalized spacial score (nSPS) is 15.4. The summed E-state index contributed by atoms with van der Waals surface area (Å²) in [5.41, 5.74) is 3.06. The Morgan fingerprint density at radius 1 is 1.18 bits per heavy atom. The first kappa shape index (κ1) is 19.5. The minimum atomic E-state index is -0.307. The number of rotatable bonds is 2. The smallest absolute Gasteiger partial charge is 0.244 e. The Morgan fingerprint density at radius 3 is 2.68 bits per heavy atom. The first-order chi connectivity index (χ1) is 13.7. The highest BCUT2D eigenvalue weighted by atomic mass is 19.1. The average molecular weight is 376 g/mol. The van der Waals surface area contributed by atoms with Crippen LogP contribution in [0.5, 0.6) is 0 Å². The van der Waals surface area contributed by atoms with E-state index in [-0.39, 0.29) is 11.9 Å². The molecular formula is C22H21FN4O. The predicted molar refractivity (Wildman–Crippen MR) is 106 cm³/mol. The monoisotopic (exact) mass is 376 g/mol. The molecule has 3 aromatic rings. The summed E-state index contributed by atoms with van der Waals surface area (Å²) in [6.07, 6.45) is 2.43. The molecule has 6 heteroatoms. The van der Waals surface area contributed by atoms with Crippen LogP contribution in [-0.4, -0.2) is 21.7 Å². The van der Waals surface area contributed by atoms with Gasteiger partial charge in [-0.25, -0.2) is 4.39 Å². The van der Waals surface area contributed by atoms with Crippen molar-refractivity contribution in [3.63, 3.8) is 0 Å². The number of hydrogen-bond donors (Lipinski definition) is 1. The molecule has 1 saturated heterocycles. The van der Waals surface area contributed by atoms with Crippen molar-refractivity contribution in [2.45, 2.75) is 26.3 Å². The van der Waals surface area contributed by atoms with Crippen LogP contribution >= 0.6 is 0 Å². The van der Waals surface area contributed by atoms with Crippen LogP contribution in [-0.2, 0) is 0 Å². The third-order valence-electron chi connectivity index (χ3n) is 4.00. The molecule has 28 heavy (non-hydrogen) atoms. The van der Waals surface area contributed by atoms with E-state index in [0.717, 1.165) is 24.1 Å². The van der Waals surface area contributed by atoms with Crippen molar-refractivity contribution >= 4 is 0 Å². The third-order valence-corrected chi connectivity index (χ3v) is 4.00. The quantitative estimate of drug-likeness (QED) is 0.534. The van der Waals surface area contributed by atoms with E-state index in [2.05, 4.69) is 38.9 Å². The van der Waals surface area contributed by atoms with E-state index in [9.17, 15) is 4.39 Å². The van der Waals surface area contributed by atoms with Crippen molar-refractivity contribution in [2.75, 3.05) is 6.54 Å². The maximum Gasteiger partial charge on any atom is 0.244 e. The molecule has 0 spiro atoms. The van der Waals surface area contributed by atoms with Crippen molar-refractivity contribution in [3.05, 3.63) is 77.6 Å². The fraction of sp³-hybridized carbons (Fsp3) is 0.227. The largest absolute Gasteiger partial charge is 0.337 e. The van der Waals surface area contributed by atoms with Gasteiger partial charge < -0.3 is 9.84 Å². The Labute approximate surface area is 163 Å². The van der Waals surface area contributed by atoms with Gasteiger partial charge in [-0.15, -0.1) is 0 Å². The van der Waals surface area contributed by atoms with E-state index in [1.807, 2.05) is 19.9 Å². The van der Waals surface area contributed by atoms with Crippen LogP contribution in [0.2, 0.25) is 0 Å². The Morgan fingerprint density at radius 2 is 2.00 bits per heavy atom. The maximum atomic E-state index is 13.2. The minimum Gasteiger partial charge on any atom is -0.337 e. The Hall–Kier alpha value is -3.30. The summed E-state index contributed by atoms with van der Waals surface area (Å²) in [7, 11) is 0. The van der Waals surface area contributed by atoms with Crippen LogP contribution in [0.1, 0.15) is 43.3 Å². The van der Waals surface area contributed by atoms with Crippen LogP contribution < -0.4 is 5.32 Å². The van der Waals surface area contributed by atoms with Crippen molar-refractivity contribution in [2.24, 2.45) is 0 Å². The zero-order valence-corrected chi connectivity index (χ0v) is 15.9. The average Bonchev–Trinajstić information content (AvgIpc) is 3.38. The van der Waals surface area contributed by atoms with Crippen molar-refractivity contribution in [3.8, 4) is 23.4 Å². The second-order valence-electron chi connectivity index (χ2n) is 6.04. The molecule has 1 N–H and O–H groups in total. The molecule has 0 aliphatic carbocycles. The van der Waals surface area contributed by atoms with Gasteiger partial charge in [0.25, 0.3) is 0 Å². The number of nitrogens with zero attached hydrogens (tertiary/aromatic N) is 3. The van der Waals surface area contributed by atoms with Gasteiger partial charge in [-0.05, 0) is 36.8 Å². The molecule has 2 aromatic heterocycles. The molecule has 3 heterocycles. The summed E-state index contributed by atoms with van der Waals surface area (Å²) >= 11 is 0. The number of hydrogen-bond acceptors (Lipinski definition) is 5. The van der Waals surface area contributed by atoms with Crippen LogP contribution in [0.3, 0.4) is 0 Å². The van der Waals surface area contributed by atoms with Gasteiger partial charge in [0.2, 0.25) is 11.7 Å². The van der Waals surface area contributed by atoms with Crippen LogP contribution in [0.4, 0.5) is 4.39 Å². The third kappa shape index (κ3) is 4.70. The Balaban J connectivity index is 0.00000109. The highest BCUT2D eigenvalue weighted by molar-refractivity contribution is 5.51. The van der Waals surface area contributed by atoms with Gasteiger partial charge in [0.15, 0.2) is 0 Å². The van der Waals surface area contributed by atoms with E-state index >= 15 is 0 Å². The molecule has 1 fully saturated rings. The summed E-state index contributed by atoms with van der Waals surface area (Å²) < 4.78 is 18.5. The molecule has 1 aromatic carbocycles. The number of pyridine rings is 1. The number of halogens is 1. The minimum absolute atomic E-state index is 0.0140. The SMILES string of the molecule is C=C1CN[C@H](c2nc(-c3ccc(C#Cc4cccc(F)c4)cn3)no2)C1.CC. The van der Waals surface area contributed by atoms with Crippen molar-refractivity contribution in [1.29, 1.82) is 0 Å². The molecule has 0 unspecified atom stereocenters. The molecule has 0 radical (unpaired) electrons. The molecule has 0 amide bonds. The molecule has 4 rings (SSSR count). The van der Waals surface area contributed by atoms with Crippen molar-refractivity contribution in [1.82, 2.24) is 20.4 Å². The lowest BCUT2D eigenvalue weighted by atomic mass is 10.2. The summed E-state index contributed by atoms with van der Waals surface area (Å²) in [5, 5.41) is 7.26. The van der Waals surface area contributed by atoms with Gasteiger partial charge >= 0.3 is 0 Å². The highest BCUT2D eigenvalue weighted by Crippen LogP contribution is 2.25. The molecule has 5 nitrogen and oxygen atoms in total. The van der Waals surface area contributed by atoms with Gasteiger partial charge in [-0.1, -0.05) is 49.1 Å². The predicted octanol–water partition coefficient (Wildman–Crippen LogP) is 4.29. The Kier molecular flexibility index (Phi) is 6.30. The van der Waals surface area contributed by atoms with Crippen molar-refractivity contribution < 1.29 is 8.91 Å². The number of aromatic nitrogens is 3. The number of benzene rings is 1. The molecule has 0 saturated carbocycles. The summed E-state index contributed by atoms with van der Waals surface area (Å²) in [5.74, 6) is 6.53. The first-order valence-electron chi connectivity index (χ1n) is 9.15. The Bertz CT molecular complexity index is 1010. The van der Waals surface area contributed by atoms with Gasteiger partial charge in [-0.2, -0.15) is 4.98 Å². The number of nitrogens with one attached hydrogen (secondary N) is 1. The van der Waals surface area contributed by atoms with E-state index in [0.29, 0.717) is 23.0 Å². The van der Waals surface area contributed by atoms with Gasteiger partial charge in [0.05, 0.1) is 6.04 Å². The van der Waals surface area contributed by atoms with E-state index in [1.54, 1.807) is 24.4 Å². The van der Waals surface area contributed by atoms with Gasteiger partial charge in [-0.3, -0.25) is 4.98 Å². The molecule has 1 aliphatic rings. The molecule has 0 bridgehead atoms. The second kappa shape index (κ2) is 9.07. The van der Waals surface area contributed by atoms with Crippen LogP contribution in [0.15, 0.2) is 59.3 Å². The lowest BCUT2D eigenvalue weighted by molar-refractivity contribution is 0.346. The highest BCUT2D eigenvalue weighted by Gasteiger charge is 2.24. The fourth-order valence-electron chi connectivity index (χ4n) is 2.67. The molecular weight excluding hydrogens is 355 g/mol. The zero-order chi connectivity index (χ0) is 19.9. The second-order valence-corrected chi connectivity index (χ2v) is 6.04. The van der Waals surface area contributed by atoms with Crippen LogP contribution in [0, 0.1) is 17.7 Å². The molecule has 1 aliphatic heterocycles. The van der Waals surface area contributed by atoms with E-state index in [4.69, 9.17) is 4.52 Å². The van der Waals surface area contributed by atoms with Crippen LogP contribution in [0.25, 0.3) is 11.5 Å². The zero-order valence-electron chi connectivity index (χ0n) is 15.9. The fourth-order valence-corrected chi connectivity index (χ4v) is 2.67. The van der Waals surface area contributed by atoms with Gasteiger partial charge in [0, 0.05) is 23.9 Å². The summed E-state index contributed by atoms with van der Waals surface area (Å²) in [6.45, 7) is 8.71. The topological polar surface area (TPSA) is 63.8 Å². The summed E-state index contributed by atoms with van der Waals surface area (Å²) in [6, 6.07) is 9.78. The van der Waals surface area contributed by atoms with E-state index in [1.165, 1.54) is 12.1 Å². The lowest BCUT2D eigenvalue weighted by Crippen LogP contribution is -2.13. The standard InChI is InChI=1S/C20H15FN4O.C2H6/c1-13-9-18(22-11-13)20-24-19(25-26-20)17-8-7-15(12-23-17)6-5-14-3-2-4-16(21)10-14;1-2/h2-4,7-8,10,12,18,22H,1,9,11H2;1-2H3/t18-;/m0./s1. The molecule has 1 atom stereocenters. The summed E-state index contributed by atoms with van der Waals surface area (Å²) in [4.78, 5) is 8.74.